The smallest absolute Gasteiger partial charge is 0.133 e. The summed E-state index contributed by atoms with van der Waals surface area (Å²) in [6.45, 7) is 2.15. The summed E-state index contributed by atoms with van der Waals surface area (Å²) < 4.78 is 0.700. The zero-order chi connectivity index (χ0) is 10.6. The van der Waals surface area contributed by atoms with E-state index in [1.165, 1.54) is 18.9 Å². The lowest BCUT2D eigenvalue weighted by atomic mass is 10.1. The first kappa shape index (κ1) is 11.4. The zero-order valence-electron chi connectivity index (χ0n) is 8.26. The summed E-state index contributed by atoms with van der Waals surface area (Å²) in [7, 11) is 0. The summed E-state index contributed by atoms with van der Waals surface area (Å²) in [6, 6.07) is 3.03. The van der Waals surface area contributed by atoms with Gasteiger partial charge >= 0.3 is 0 Å². The molecule has 1 rings (SSSR count). The first-order valence-corrected chi connectivity index (χ1v) is 5.64. The van der Waals surface area contributed by atoms with Crippen LogP contribution in [0.15, 0.2) is 16.6 Å². The van der Waals surface area contributed by atoms with Crippen LogP contribution < -0.4 is 0 Å². The Morgan fingerprint density at radius 3 is 2.57 bits per heavy atom. The Bertz CT molecular complexity index is 310. The number of phenols is 2. The molecule has 0 aliphatic rings. The van der Waals surface area contributed by atoms with Gasteiger partial charge in [-0.2, -0.15) is 0 Å². The van der Waals surface area contributed by atoms with E-state index in [2.05, 4.69) is 22.9 Å². The first-order chi connectivity index (χ1) is 6.65. The summed E-state index contributed by atoms with van der Waals surface area (Å²) in [5.74, 6) is 0.230. The van der Waals surface area contributed by atoms with E-state index in [0.717, 1.165) is 18.4 Å². The van der Waals surface area contributed by atoms with E-state index in [-0.39, 0.29) is 11.5 Å². The maximum atomic E-state index is 9.43. The predicted octanol–water partition coefficient (Wildman–Crippen LogP) is 3.59. The van der Waals surface area contributed by atoms with Crippen LogP contribution >= 0.6 is 15.9 Å². The highest BCUT2D eigenvalue weighted by Crippen LogP contribution is 2.32. The molecule has 0 atom stereocenters. The molecule has 0 aliphatic heterocycles. The highest BCUT2D eigenvalue weighted by atomic mass is 79.9. The highest BCUT2D eigenvalue weighted by Gasteiger charge is 2.06. The van der Waals surface area contributed by atoms with E-state index >= 15 is 0 Å². The van der Waals surface area contributed by atoms with Gasteiger partial charge in [0.1, 0.15) is 11.5 Å². The number of unbranched alkanes of at least 4 members (excludes halogenated alkanes) is 2. The van der Waals surface area contributed by atoms with Gasteiger partial charge in [0, 0.05) is 6.07 Å². The van der Waals surface area contributed by atoms with Crippen molar-refractivity contribution in [2.45, 2.75) is 32.6 Å². The van der Waals surface area contributed by atoms with E-state index in [1.54, 1.807) is 6.07 Å². The molecule has 1 aromatic rings. The maximum Gasteiger partial charge on any atom is 0.133 e. The highest BCUT2D eigenvalue weighted by molar-refractivity contribution is 9.10. The van der Waals surface area contributed by atoms with Gasteiger partial charge < -0.3 is 10.2 Å². The van der Waals surface area contributed by atoms with Crippen molar-refractivity contribution >= 4 is 15.9 Å². The number of aryl methyl sites for hydroxylation is 1. The number of rotatable bonds is 4. The Hall–Kier alpha value is -0.700. The van der Waals surface area contributed by atoms with Crippen LogP contribution in [0.4, 0.5) is 0 Å². The summed E-state index contributed by atoms with van der Waals surface area (Å²) in [6.07, 6.45) is 4.31. The number of hydrogen-bond acceptors (Lipinski definition) is 2. The lowest BCUT2D eigenvalue weighted by Gasteiger charge is -2.06. The van der Waals surface area contributed by atoms with Crippen molar-refractivity contribution in [2.75, 3.05) is 0 Å². The van der Waals surface area contributed by atoms with Gasteiger partial charge in [0.25, 0.3) is 0 Å². The molecule has 0 aliphatic carbocycles. The molecular weight excluding hydrogens is 244 g/mol. The molecule has 0 radical (unpaired) electrons. The van der Waals surface area contributed by atoms with Gasteiger partial charge in [-0.3, -0.25) is 0 Å². The van der Waals surface area contributed by atoms with Crippen molar-refractivity contribution in [1.29, 1.82) is 0 Å². The van der Waals surface area contributed by atoms with Crippen molar-refractivity contribution in [2.24, 2.45) is 0 Å². The summed E-state index contributed by atoms with van der Waals surface area (Å²) in [5.41, 5.74) is 0.968. The Morgan fingerprint density at radius 1 is 1.21 bits per heavy atom. The second-order valence-corrected chi connectivity index (χ2v) is 4.19. The van der Waals surface area contributed by atoms with Crippen LogP contribution in [0.3, 0.4) is 0 Å². The van der Waals surface area contributed by atoms with Crippen LogP contribution in [0.25, 0.3) is 0 Å². The maximum absolute atomic E-state index is 9.43. The number of phenolic OH excluding ortho intramolecular Hbond substituents is 2. The minimum absolute atomic E-state index is 0.108. The molecule has 0 amide bonds. The average Bonchev–Trinajstić information content (AvgIpc) is 2.13. The number of benzene rings is 1. The molecular formula is C11H15BrO2. The van der Waals surface area contributed by atoms with Gasteiger partial charge in [-0.1, -0.05) is 19.8 Å². The molecule has 3 heteroatoms. The molecule has 0 unspecified atom stereocenters. The number of hydrogen-bond donors (Lipinski definition) is 2. The standard InChI is InChI=1S/C11H15BrO2/c1-2-3-4-5-8-6-9(13)7-10(14)11(8)12/h6-7,13-14H,2-5H2,1H3. The van der Waals surface area contributed by atoms with Crippen LogP contribution in [0.2, 0.25) is 0 Å². The average molecular weight is 259 g/mol. The quantitative estimate of drug-likeness (QED) is 0.811. The van der Waals surface area contributed by atoms with Crippen LogP contribution in [0.1, 0.15) is 31.7 Å². The fourth-order valence-corrected chi connectivity index (χ4v) is 1.83. The fourth-order valence-electron chi connectivity index (χ4n) is 1.40. The van der Waals surface area contributed by atoms with E-state index in [9.17, 15) is 10.2 Å². The molecule has 0 aromatic heterocycles. The van der Waals surface area contributed by atoms with Gasteiger partial charge in [0.15, 0.2) is 0 Å². The van der Waals surface area contributed by atoms with Gasteiger partial charge in [-0.05, 0) is 40.4 Å². The minimum Gasteiger partial charge on any atom is -0.508 e. The number of halogens is 1. The molecule has 0 saturated carbocycles. The topological polar surface area (TPSA) is 40.5 Å². The minimum atomic E-state index is 0.108. The summed E-state index contributed by atoms with van der Waals surface area (Å²) in [5, 5.41) is 18.7. The molecule has 78 valence electrons. The molecule has 2 N–H and O–H groups in total. The van der Waals surface area contributed by atoms with Crippen molar-refractivity contribution in [3.05, 3.63) is 22.2 Å². The second-order valence-electron chi connectivity index (χ2n) is 3.40. The largest absolute Gasteiger partial charge is 0.508 e. The number of aromatic hydroxyl groups is 2. The Labute approximate surface area is 92.7 Å². The lowest BCUT2D eigenvalue weighted by molar-refractivity contribution is 0.446. The van der Waals surface area contributed by atoms with Crippen LogP contribution in [-0.2, 0) is 6.42 Å². The van der Waals surface area contributed by atoms with Gasteiger partial charge in [0.2, 0.25) is 0 Å². The van der Waals surface area contributed by atoms with Crippen LogP contribution in [0.5, 0.6) is 11.5 Å². The zero-order valence-corrected chi connectivity index (χ0v) is 9.84. The third-order valence-electron chi connectivity index (χ3n) is 2.16. The van der Waals surface area contributed by atoms with Crippen LogP contribution in [-0.4, -0.2) is 10.2 Å². The lowest BCUT2D eigenvalue weighted by Crippen LogP contribution is -1.87. The van der Waals surface area contributed by atoms with Crippen molar-refractivity contribution in [1.82, 2.24) is 0 Å². The van der Waals surface area contributed by atoms with Gasteiger partial charge in [-0.25, -0.2) is 0 Å². The summed E-state index contributed by atoms with van der Waals surface area (Å²) >= 11 is 3.31. The monoisotopic (exact) mass is 258 g/mol. The second kappa shape index (κ2) is 5.25. The molecule has 0 saturated heterocycles. The Morgan fingerprint density at radius 2 is 1.93 bits per heavy atom. The van der Waals surface area contributed by atoms with E-state index in [4.69, 9.17) is 0 Å². The van der Waals surface area contributed by atoms with E-state index in [1.807, 2.05) is 0 Å². The van der Waals surface area contributed by atoms with Gasteiger partial charge in [0.05, 0.1) is 4.47 Å². The SMILES string of the molecule is CCCCCc1cc(O)cc(O)c1Br. The van der Waals surface area contributed by atoms with Crippen LogP contribution in [0, 0.1) is 0 Å². The Balaban J connectivity index is 2.75. The molecule has 2 nitrogen and oxygen atoms in total. The third kappa shape index (κ3) is 2.91. The van der Waals surface area contributed by atoms with Gasteiger partial charge in [-0.15, -0.1) is 0 Å². The van der Waals surface area contributed by atoms with E-state index < -0.39 is 0 Å². The molecule has 0 bridgehead atoms. The molecule has 0 heterocycles. The normalized spacial score (nSPS) is 10.4. The van der Waals surface area contributed by atoms with Crippen molar-refractivity contribution in [3.8, 4) is 11.5 Å². The van der Waals surface area contributed by atoms with E-state index in [0.29, 0.717) is 4.47 Å². The summed E-state index contributed by atoms with van der Waals surface area (Å²) in [4.78, 5) is 0. The van der Waals surface area contributed by atoms with Crippen molar-refractivity contribution < 1.29 is 10.2 Å². The van der Waals surface area contributed by atoms with Crippen molar-refractivity contribution in [3.63, 3.8) is 0 Å². The fraction of sp³-hybridized carbons (Fsp3) is 0.455. The molecule has 0 spiro atoms. The molecule has 1 aromatic carbocycles. The third-order valence-corrected chi connectivity index (χ3v) is 3.08. The molecule has 0 fully saturated rings. The Kier molecular flexibility index (Phi) is 4.26. The first-order valence-electron chi connectivity index (χ1n) is 4.85. The molecule has 14 heavy (non-hydrogen) atoms. The predicted molar refractivity (Wildman–Crippen MR) is 60.7 cm³/mol.